The molecule has 1 aromatic heterocycles. The highest BCUT2D eigenvalue weighted by Crippen LogP contribution is 2.15. The summed E-state index contributed by atoms with van der Waals surface area (Å²) in [7, 11) is 1.89. The van der Waals surface area contributed by atoms with Crippen molar-refractivity contribution >= 4 is 11.6 Å². The van der Waals surface area contributed by atoms with Gasteiger partial charge in [-0.1, -0.05) is 0 Å². The van der Waals surface area contributed by atoms with E-state index in [9.17, 15) is 9.18 Å². The van der Waals surface area contributed by atoms with Crippen molar-refractivity contribution in [3.05, 3.63) is 47.0 Å². The molecule has 2 rings (SSSR count). The molecule has 0 spiro atoms. The highest BCUT2D eigenvalue weighted by atomic mass is 19.1. The van der Waals surface area contributed by atoms with Crippen LogP contribution in [0.5, 0.6) is 0 Å². The third kappa shape index (κ3) is 3.23. The summed E-state index contributed by atoms with van der Waals surface area (Å²) in [6.07, 6.45) is 1.03. The molecule has 1 amide bonds. The first-order chi connectivity index (χ1) is 9.47. The third-order valence-electron chi connectivity index (χ3n) is 3.39. The lowest BCUT2D eigenvalue weighted by Gasteiger charge is -2.05. The second kappa shape index (κ2) is 5.86. The standard InChI is InChI=1S/C15H18FN3O/c1-10-14(11(2)19(3)18-10)8-9-15(20)17-13-6-4-12(16)5-7-13/h4-7H,8-9H2,1-3H3,(H,17,20). The van der Waals surface area contributed by atoms with Crippen LogP contribution in [0.1, 0.15) is 23.4 Å². The lowest BCUT2D eigenvalue weighted by Crippen LogP contribution is -2.12. The van der Waals surface area contributed by atoms with Gasteiger partial charge in [-0.05, 0) is 50.1 Å². The summed E-state index contributed by atoms with van der Waals surface area (Å²) in [6, 6.07) is 5.75. The Morgan fingerprint density at radius 3 is 2.50 bits per heavy atom. The largest absolute Gasteiger partial charge is 0.326 e. The number of hydrogen-bond acceptors (Lipinski definition) is 2. The average molecular weight is 275 g/mol. The summed E-state index contributed by atoms with van der Waals surface area (Å²) in [6.45, 7) is 3.94. The highest BCUT2D eigenvalue weighted by Gasteiger charge is 2.11. The number of benzene rings is 1. The average Bonchev–Trinajstić information content (AvgIpc) is 2.64. The van der Waals surface area contributed by atoms with Gasteiger partial charge in [-0.2, -0.15) is 5.10 Å². The number of carbonyl (C=O) groups is 1. The van der Waals surface area contributed by atoms with Gasteiger partial charge in [0.2, 0.25) is 5.91 Å². The molecular formula is C15H18FN3O. The van der Waals surface area contributed by atoms with Crippen LogP contribution in [-0.2, 0) is 18.3 Å². The number of halogens is 1. The van der Waals surface area contributed by atoms with Crippen LogP contribution in [0, 0.1) is 19.7 Å². The Bertz CT molecular complexity index is 617. The van der Waals surface area contributed by atoms with Crippen molar-refractivity contribution < 1.29 is 9.18 Å². The first kappa shape index (κ1) is 14.2. The van der Waals surface area contributed by atoms with Gasteiger partial charge in [0.1, 0.15) is 5.82 Å². The van der Waals surface area contributed by atoms with E-state index in [2.05, 4.69) is 10.4 Å². The van der Waals surface area contributed by atoms with E-state index in [0.29, 0.717) is 18.5 Å². The fraction of sp³-hybridized carbons (Fsp3) is 0.333. The zero-order chi connectivity index (χ0) is 14.7. The second-order valence-corrected chi connectivity index (χ2v) is 4.83. The van der Waals surface area contributed by atoms with E-state index in [1.54, 1.807) is 12.1 Å². The van der Waals surface area contributed by atoms with E-state index in [-0.39, 0.29) is 11.7 Å². The number of hydrogen-bond donors (Lipinski definition) is 1. The van der Waals surface area contributed by atoms with Crippen LogP contribution in [0.2, 0.25) is 0 Å². The van der Waals surface area contributed by atoms with Gasteiger partial charge in [0.05, 0.1) is 5.69 Å². The normalized spacial score (nSPS) is 10.6. The minimum Gasteiger partial charge on any atom is -0.326 e. The van der Waals surface area contributed by atoms with Crippen LogP contribution in [0.15, 0.2) is 24.3 Å². The molecule has 0 saturated heterocycles. The van der Waals surface area contributed by atoms with Gasteiger partial charge in [-0.3, -0.25) is 9.48 Å². The summed E-state index contributed by atoms with van der Waals surface area (Å²) in [5.41, 5.74) is 3.76. The number of carbonyl (C=O) groups excluding carboxylic acids is 1. The van der Waals surface area contributed by atoms with E-state index < -0.39 is 0 Å². The van der Waals surface area contributed by atoms with Gasteiger partial charge in [0, 0.05) is 24.8 Å². The Balaban J connectivity index is 1.94. The molecule has 1 N–H and O–H groups in total. The fourth-order valence-corrected chi connectivity index (χ4v) is 2.17. The number of anilines is 1. The SMILES string of the molecule is Cc1nn(C)c(C)c1CCC(=O)Nc1ccc(F)cc1. The van der Waals surface area contributed by atoms with Crippen LogP contribution in [0.3, 0.4) is 0 Å². The molecule has 0 aliphatic carbocycles. The van der Waals surface area contributed by atoms with Crippen molar-refractivity contribution in [1.29, 1.82) is 0 Å². The van der Waals surface area contributed by atoms with Crippen LogP contribution in [-0.4, -0.2) is 15.7 Å². The summed E-state index contributed by atoms with van der Waals surface area (Å²) in [5.74, 6) is -0.399. The lowest BCUT2D eigenvalue weighted by atomic mass is 10.1. The zero-order valence-corrected chi connectivity index (χ0v) is 11.9. The fourth-order valence-electron chi connectivity index (χ4n) is 2.17. The monoisotopic (exact) mass is 275 g/mol. The maximum atomic E-state index is 12.8. The third-order valence-corrected chi connectivity index (χ3v) is 3.39. The Labute approximate surface area is 117 Å². The number of amides is 1. The molecule has 0 aliphatic rings. The number of nitrogens with one attached hydrogen (secondary N) is 1. The van der Waals surface area contributed by atoms with Crippen molar-refractivity contribution in [2.75, 3.05) is 5.32 Å². The first-order valence-corrected chi connectivity index (χ1v) is 6.52. The molecule has 0 atom stereocenters. The van der Waals surface area contributed by atoms with Crippen molar-refractivity contribution in [3.63, 3.8) is 0 Å². The number of aryl methyl sites for hydroxylation is 2. The smallest absolute Gasteiger partial charge is 0.224 e. The van der Waals surface area contributed by atoms with Crippen molar-refractivity contribution in [1.82, 2.24) is 9.78 Å². The summed E-state index contributed by atoms with van der Waals surface area (Å²) >= 11 is 0. The van der Waals surface area contributed by atoms with Gasteiger partial charge < -0.3 is 5.32 Å². The maximum Gasteiger partial charge on any atom is 0.224 e. The Kier molecular flexibility index (Phi) is 4.17. The topological polar surface area (TPSA) is 46.9 Å². The van der Waals surface area contributed by atoms with Crippen LogP contribution < -0.4 is 5.32 Å². The molecule has 0 aliphatic heterocycles. The van der Waals surface area contributed by atoms with Crippen LogP contribution >= 0.6 is 0 Å². The molecular weight excluding hydrogens is 257 g/mol. The Hall–Kier alpha value is -2.17. The summed E-state index contributed by atoms with van der Waals surface area (Å²) in [5, 5.41) is 7.08. The molecule has 0 unspecified atom stereocenters. The Morgan fingerprint density at radius 2 is 1.95 bits per heavy atom. The summed E-state index contributed by atoms with van der Waals surface area (Å²) < 4.78 is 14.6. The minimum absolute atomic E-state index is 0.0840. The molecule has 0 saturated carbocycles. The van der Waals surface area contributed by atoms with Gasteiger partial charge in [0.25, 0.3) is 0 Å². The molecule has 5 heteroatoms. The molecule has 4 nitrogen and oxygen atoms in total. The first-order valence-electron chi connectivity index (χ1n) is 6.52. The van der Waals surface area contributed by atoms with Gasteiger partial charge in [-0.25, -0.2) is 4.39 Å². The molecule has 2 aromatic rings. The Morgan fingerprint density at radius 1 is 1.30 bits per heavy atom. The van der Waals surface area contributed by atoms with Crippen LogP contribution in [0.25, 0.3) is 0 Å². The predicted molar refractivity (Wildman–Crippen MR) is 76.0 cm³/mol. The van der Waals surface area contributed by atoms with Gasteiger partial charge >= 0.3 is 0 Å². The van der Waals surface area contributed by atoms with Gasteiger partial charge in [0.15, 0.2) is 0 Å². The molecule has 106 valence electrons. The number of aromatic nitrogens is 2. The number of rotatable bonds is 4. The molecule has 20 heavy (non-hydrogen) atoms. The van der Waals surface area contributed by atoms with E-state index in [4.69, 9.17) is 0 Å². The van der Waals surface area contributed by atoms with Crippen molar-refractivity contribution in [2.45, 2.75) is 26.7 Å². The second-order valence-electron chi connectivity index (χ2n) is 4.83. The highest BCUT2D eigenvalue weighted by molar-refractivity contribution is 5.90. The van der Waals surface area contributed by atoms with E-state index in [1.165, 1.54) is 12.1 Å². The minimum atomic E-state index is -0.315. The van der Waals surface area contributed by atoms with Crippen molar-refractivity contribution in [2.24, 2.45) is 7.05 Å². The molecule has 0 radical (unpaired) electrons. The molecule has 0 bridgehead atoms. The lowest BCUT2D eigenvalue weighted by molar-refractivity contribution is -0.116. The quantitative estimate of drug-likeness (QED) is 0.932. The number of nitrogens with zero attached hydrogens (tertiary/aromatic N) is 2. The zero-order valence-electron chi connectivity index (χ0n) is 11.9. The maximum absolute atomic E-state index is 12.8. The van der Waals surface area contributed by atoms with Crippen molar-refractivity contribution in [3.8, 4) is 0 Å². The molecule has 0 fully saturated rings. The predicted octanol–water partition coefficient (Wildman–Crippen LogP) is 2.75. The van der Waals surface area contributed by atoms with Crippen LogP contribution in [0.4, 0.5) is 10.1 Å². The molecule has 1 aromatic carbocycles. The van der Waals surface area contributed by atoms with E-state index >= 15 is 0 Å². The molecule has 1 heterocycles. The van der Waals surface area contributed by atoms with Gasteiger partial charge in [-0.15, -0.1) is 0 Å². The van der Waals surface area contributed by atoms with E-state index in [0.717, 1.165) is 17.0 Å². The summed E-state index contributed by atoms with van der Waals surface area (Å²) in [4.78, 5) is 11.9. The van der Waals surface area contributed by atoms with E-state index in [1.807, 2.05) is 25.6 Å².